The van der Waals surface area contributed by atoms with Gasteiger partial charge in [-0.05, 0) is 28.1 Å². The monoisotopic (exact) mass is 327 g/mol. The van der Waals surface area contributed by atoms with Crippen molar-refractivity contribution in [3.05, 3.63) is 40.1 Å². The molecule has 1 heterocycles. The molecule has 2 rings (SSSR count). The molecule has 0 aliphatic heterocycles. The average molecular weight is 328 g/mol. The Labute approximate surface area is 118 Å². The van der Waals surface area contributed by atoms with Crippen LogP contribution in [-0.2, 0) is 6.42 Å². The molecule has 0 saturated heterocycles. The van der Waals surface area contributed by atoms with Gasteiger partial charge < -0.3 is 5.32 Å². The highest BCUT2D eigenvalue weighted by Crippen LogP contribution is 2.30. The molecule has 0 bridgehead atoms. The van der Waals surface area contributed by atoms with Crippen LogP contribution in [0.25, 0.3) is 11.3 Å². The van der Waals surface area contributed by atoms with Gasteiger partial charge in [0.1, 0.15) is 23.3 Å². The lowest BCUT2D eigenvalue weighted by molar-refractivity contribution is 0.584. The van der Waals surface area contributed by atoms with Crippen LogP contribution in [0.3, 0.4) is 0 Å². The Bertz CT molecular complexity index is 595. The lowest BCUT2D eigenvalue weighted by Gasteiger charge is -2.09. The smallest absolute Gasteiger partial charge is 0.149 e. The fourth-order valence-electron chi connectivity index (χ4n) is 1.67. The average Bonchev–Trinajstić information content (AvgIpc) is 2.43. The van der Waals surface area contributed by atoms with Crippen molar-refractivity contribution in [3.63, 3.8) is 0 Å². The molecule has 0 fully saturated rings. The summed E-state index contributed by atoms with van der Waals surface area (Å²) < 4.78 is 28.1. The van der Waals surface area contributed by atoms with E-state index in [1.54, 1.807) is 7.05 Å². The van der Waals surface area contributed by atoms with Crippen LogP contribution in [0.1, 0.15) is 12.7 Å². The fourth-order valence-corrected chi connectivity index (χ4v) is 2.00. The summed E-state index contributed by atoms with van der Waals surface area (Å²) in [5.74, 6) is -0.257. The number of benzene rings is 1. The second kappa shape index (κ2) is 5.61. The predicted octanol–water partition coefficient (Wildman–Crippen LogP) is 3.79. The zero-order valence-electron chi connectivity index (χ0n) is 10.5. The van der Waals surface area contributed by atoms with Crippen LogP contribution in [0.5, 0.6) is 0 Å². The topological polar surface area (TPSA) is 37.8 Å². The van der Waals surface area contributed by atoms with E-state index in [2.05, 4.69) is 31.2 Å². The van der Waals surface area contributed by atoms with E-state index in [-0.39, 0.29) is 15.7 Å². The molecule has 1 aromatic carbocycles. The minimum absolute atomic E-state index is 0.150. The third kappa shape index (κ3) is 2.73. The Hall–Kier alpha value is -1.56. The first-order valence-electron chi connectivity index (χ1n) is 5.76. The molecule has 3 nitrogen and oxygen atoms in total. The fraction of sp³-hybridized carbons (Fsp3) is 0.231. The number of halogens is 3. The third-order valence-corrected chi connectivity index (χ3v) is 3.26. The molecular formula is C13H12BrF2N3. The van der Waals surface area contributed by atoms with Gasteiger partial charge in [-0.2, -0.15) is 0 Å². The predicted molar refractivity (Wildman–Crippen MR) is 74.0 cm³/mol. The number of aryl methyl sites for hydroxylation is 1. The van der Waals surface area contributed by atoms with Crippen molar-refractivity contribution in [2.45, 2.75) is 13.3 Å². The second-order valence-corrected chi connectivity index (χ2v) is 4.73. The summed E-state index contributed by atoms with van der Waals surface area (Å²) in [7, 11) is 1.69. The Balaban J connectivity index is 2.68. The van der Waals surface area contributed by atoms with E-state index in [1.165, 1.54) is 18.2 Å². The normalized spacial score (nSPS) is 10.6. The summed E-state index contributed by atoms with van der Waals surface area (Å²) in [6, 6.07) is 4.05. The zero-order valence-corrected chi connectivity index (χ0v) is 12.1. The Morgan fingerprint density at radius 3 is 2.63 bits per heavy atom. The minimum atomic E-state index is -0.664. The van der Waals surface area contributed by atoms with Gasteiger partial charge in [0.05, 0.1) is 15.7 Å². The van der Waals surface area contributed by atoms with Gasteiger partial charge in [0.2, 0.25) is 0 Å². The highest BCUT2D eigenvalue weighted by Gasteiger charge is 2.17. The summed E-state index contributed by atoms with van der Waals surface area (Å²) in [5.41, 5.74) is 0.0791. The number of hydrogen-bond donors (Lipinski definition) is 1. The number of nitrogens with one attached hydrogen (secondary N) is 1. The van der Waals surface area contributed by atoms with E-state index in [4.69, 9.17) is 0 Å². The molecule has 0 aliphatic carbocycles. The van der Waals surface area contributed by atoms with Gasteiger partial charge in [0.25, 0.3) is 0 Å². The summed E-state index contributed by atoms with van der Waals surface area (Å²) in [4.78, 5) is 8.38. The first-order valence-corrected chi connectivity index (χ1v) is 6.55. The standard InChI is InChI=1S/C13H12BrF2N3/c1-3-10-18-9(6-11(17-2)19-10)12-8(15)5-4-7(14)13(12)16/h4-6H,3H2,1-2H3,(H,17,18,19). The van der Waals surface area contributed by atoms with Crippen molar-refractivity contribution in [2.75, 3.05) is 12.4 Å². The van der Waals surface area contributed by atoms with E-state index in [9.17, 15) is 8.78 Å². The van der Waals surface area contributed by atoms with Crippen LogP contribution >= 0.6 is 15.9 Å². The van der Waals surface area contributed by atoms with Gasteiger partial charge in [-0.3, -0.25) is 0 Å². The summed E-state index contributed by atoms with van der Waals surface area (Å²) in [6.45, 7) is 1.88. The highest BCUT2D eigenvalue weighted by atomic mass is 79.9. The molecule has 1 N–H and O–H groups in total. The van der Waals surface area contributed by atoms with E-state index in [1.807, 2.05) is 6.92 Å². The lowest BCUT2D eigenvalue weighted by Crippen LogP contribution is -2.02. The molecule has 0 saturated carbocycles. The Kier molecular flexibility index (Phi) is 4.09. The number of aromatic nitrogens is 2. The molecule has 0 radical (unpaired) electrons. The maximum atomic E-state index is 14.1. The van der Waals surface area contributed by atoms with Gasteiger partial charge in [-0.1, -0.05) is 6.92 Å². The lowest BCUT2D eigenvalue weighted by atomic mass is 10.1. The summed E-state index contributed by atoms with van der Waals surface area (Å²) in [6.07, 6.45) is 0.583. The van der Waals surface area contributed by atoms with Crippen LogP contribution in [0.4, 0.5) is 14.6 Å². The van der Waals surface area contributed by atoms with E-state index >= 15 is 0 Å². The quantitative estimate of drug-likeness (QED) is 0.871. The first-order chi connectivity index (χ1) is 9.06. The number of hydrogen-bond acceptors (Lipinski definition) is 3. The molecule has 0 spiro atoms. The molecule has 0 unspecified atom stereocenters. The van der Waals surface area contributed by atoms with Crippen LogP contribution < -0.4 is 5.32 Å². The Morgan fingerprint density at radius 2 is 2.00 bits per heavy atom. The largest absolute Gasteiger partial charge is 0.373 e. The first kappa shape index (κ1) is 13.9. The number of nitrogens with zero attached hydrogens (tertiary/aromatic N) is 2. The molecule has 0 atom stereocenters. The molecule has 1 aromatic heterocycles. The van der Waals surface area contributed by atoms with Crippen molar-refractivity contribution in [3.8, 4) is 11.3 Å². The molecule has 0 aliphatic rings. The van der Waals surface area contributed by atoms with Crippen molar-refractivity contribution in [1.82, 2.24) is 9.97 Å². The van der Waals surface area contributed by atoms with Crippen LogP contribution in [0.15, 0.2) is 22.7 Å². The molecule has 2 aromatic rings. The molecular weight excluding hydrogens is 316 g/mol. The van der Waals surface area contributed by atoms with Gasteiger partial charge >= 0.3 is 0 Å². The van der Waals surface area contributed by atoms with Crippen molar-refractivity contribution in [1.29, 1.82) is 0 Å². The van der Waals surface area contributed by atoms with E-state index < -0.39 is 11.6 Å². The zero-order chi connectivity index (χ0) is 14.0. The molecule has 6 heteroatoms. The maximum Gasteiger partial charge on any atom is 0.149 e. The minimum Gasteiger partial charge on any atom is -0.373 e. The molecule has 0 amide bonds. The van der Waals surface area contributed by atoms with Gasteiger partial charge in [0, 0.05) is 19.5 Å². The van der Waals surface area contributed by atoms with Gasteiger partial charge in [-0.15, -0.1) is 0 Å². The molecule has 19 heavy (non-hydrogen) atoms. The van der Waals surface area contributed by atoms with E-state index in [0.29, 0.717) is 18.1 Å². The van der Waals surface area contributed by atoms with Crippen molar-refractivity contribution < 1.29 is 8.78 Å². The van der Waals surface area contributed by atoms with Crippen molar-refractivity contribution >= 4 is 21.7 Å². The van der Waals surface area contributed by atoms with Crippen LogP contribution in [0, 0.1) is 11.6 Å². The van der Waals surface area contributed by atoms with Gasteiger partial charge in [-0.25, -0.2) is 18.7 Å². The number of anilines is 1. The third-order valence-electron chi connectivity index (χ3n) is 2.64. The maximum absolute atomic E-state index is 14.1. The number of rotatable bonds is 3. The van der Waals surface area contributed by atoms with Crippen LogP contribution in [0.2, 0.25) is 0 Å². The second-order valence-electron chi connectivity index (χ2n) is 3.88. The summed E-state index contributed by atoms with van der Waals surface area (Å²) >= 11 is 3.05. The van der Waals surface area contributed by atoms with Crippen LogP contribution in [-0.4, -0.2) is 17.0 Å². The van der Waals surface area contributed by atoms with E-state index in [0.717, 1.165) is 0 Å². The Morgan fingerprint density at radius 1 is 1.26 bits per heavy atom. The SMILES string of the molecule is CCc1nc(NC)cc(-c2c(F)ccc(Br)c2F)n1. The van der Waals surface area contributed by atoms with Crippen molar-refractivity contribution in [2.24, 2.45) is 0 Å². The van der Waals surface area contributed by atoms with Gasteiger partial charge in [0.15, 0.2) is 0 Å². The summed E-state index contributed by atoms with van der Waals surface area (Å²) in [5, 5.41) is 2.86. The molecule has 100 valence electrons. The highest BCUT2D eigenvalue weighted by molar-refractivity contribution is 9.10.